The van der Waals surface area contributed by atoms with Crippen LogP contribution < -0.4 is 20.8 Å². The molecule has 0 unspecified atom stereocenters. The van der Waals surface area contributed by atoms with E-state index in [1.54, 1.807) is 0 Å². The Bertz CT molecular complexity index is 1660. The number of hydrogen-bond acceptors (Lipinski definition) is 7. The van der Waals surface area contributed by atoms with Gasteiger partial charge in [0.1, 0.15) is 15.5 Å². The Hall–Kier alpha value is -4.45. The smallest absolute Gasteiger partial charge is 0.406 e. The zero-order valence-corrected chi connectivity index (χ0v) is 19.2. The van der Waals surface area contributed by atoms with Gasteiger partial charge in [0.15, 0.2) is 0 Å². The van der Waals surface area contributed by atoms with E-state index < -0.39 is 29.2 Å². The van der Waals surface area contributed by atoms with Crippen LogP contribution in [0.4, 0.5) is 18.9 Å². The van der Waals surface area contributed by atoms with Gasteiger partial charge in [0.05, 0.1) is 11.4 Å². The largest absolute Gasteiger partial charge is 0.573 e. The van der Waals surface area contributed by atoms with Crippen LogP contribution in [0.25, 0.3) is 27.2 Å². The van der Waals surface area contributed by atoms with Crippen molar-refractivity contribution in [2.24, 2.45) is 0 Å². The molecule has 5 rings (SSSR count). The third kappa shape index (κ3) is 4.22. The predicted octanol–water partition coefficient (Wildman–Crippen LogP) is 4.54. The molecule has 8 nitrogen and oxygen atoms in total. The molecule has 0 bridgehead atoms. The minimum Gasteiger partial charge on any atom is -0.406 e. The molecular weight excluding hydrogens is 497 g/mol. The lowest BCUT2D eigenvalue weighted by atomic mass is 10.1. The van der Waals surface area contributed by atoms with Crippen molar-refractivity contribution in [3.05, 3.63) is 87.2 Å². The number of nitrogens with zero attached hydrogens (tertiary/aromatic N) is 2. The van der Waals surface area contributed by atoms with Gasteiger partial charge in [-0.1, -0.05) is 30.3 Å². The average Bonchev–Trinajstić information content (AvgIpc) is 3.38. The van der Waals surface area contributed by atoms with Gasteiger partial charge >= 0.3 is 17.7 Å². The zero-order chi connectivity index (χ0) is 25.6. The SMILES string of the molecule is Cc1cc2c(N)c(C(=O)c3c(=O)o[nH][n+]3-c3ccc(OC(F)(F)F)cc3)sc2nc1-c1ccccc1. The number of carbonyl (C=O) groups is 1. The zero-order valence-electron chi connectivity index (χ0n) is 18.4. The first-order valence-corrected chi connectivity index (χ1v) is 11.2. The molecule has 0 aliphatic rings. The number of ether oxygens (including phenoxy) is 1. The van der Waals surface area contributed by atoms with E-state index in [1.807, 2.05) is 43.3 Å². The Kier molecular flexibility index (Phi) is 5.59. The number of aromatic nitrogens is 3. The number of alkyl halides is 3. The second kappa shape index (κ2) is 8.64. The van der Waals surface area contributed by atoms with Crippen LogP contribution in [0, 0.1) is 6.92 Å². The summed E-state index contributed by atoms with van der Waals surface area (Å²) in [6.07, 6.45) is -4.86. The summed E-state index contributed by atoms with van der Waals surface area (Å²) in [6.45, 7) is 1.88. The van der Waals surface area contributed by atoms with E-state index in [-0.39, 0.29) is 16.3 Å². The molecule has 0 amide bonds. The number of ketones is 1. The molecule has 3 N–H and O–H groups in total. The number of thiophene rings is 1. The van der Waals surface area contributed by atoms with E-state index in [0.29, 0.717) is 10.2 Å². The molecule has 0 fully saturated rings. The van der Waals surface area contributed by atoms with Crippen LogP contribution in [0.15, 0.2) is 70.0 Å². The maximum atomic E-state index is 13.4. The van der Waals surface area contributed by atoms with E-state index in [4.69, 9.17) is 15.2 Å². The number of benzene rings is 2. The molecule has 12 heteroatoms. The molecule has 36 heavy (non-hydrogen) atoms. The number of aryl methyl sites for hydroxylation is 1. The van der Waals surface area contributed by atoms with Crippen molar-refractivity contribution in [3.63, 3.8) is 0 Å². The summed E-state index contributed by atoms with van der Waals surface area (Å²) >= 11 is 1.03. The second-order valence-corrected chi connectivity index (χ2v) is 8.75. The molecule has 2 aromatic carbocycles. The third-order valence-electron chi connectivity index (χ3n) is 5.36. The maximum absolute atomic E-state index is 13.4. The van der Waals surface area contributed by atoms with Gasteiger partial charge in [0.2, 0.25) is 5.69 Å². The maximum Gasteiger partial charge on any atom is 0.573 e. The number of carbonyl (C=O) groups excluding carboxylic acids is 1. The number of fused-ring (bicyclic) bond motifs is 1. The Morgan fingerprint density at radius 3 is 2.50 bits per heavy atom. The summed E-state index contributed by atoms with van der Waals surface area (Å²) in [6, 6.07) is 15.9. The highest BCUT2D eigenvalue weighted by Gasteiger charge is 2.35. The first kappa shape index (κ1) is 23.3. The number of aromatic amines is 1. The van der Waals surface area contributed by atoms with Crippen LogP contribution in [0.1, 0.15) is 20.9 Å². The molecule has 3 aromatic heterocycles. The summed E-state index contributed by atoms with van der Waals surface area (Å²) in [5.41, 5.74) is 7.74. The van der Waals surface area contributed by atoms with E-state index >= 15 is 0 Å². The summed E-state index contributed by atoms with van der Waals surface area (Å²) in [7, 11) is 0. The molecule has 0 saturated carbocycles. The first-order valence-electron chi connectivity index (χ1n) is 10.4. The number of hydrogen-bond donors (Lipinski definition) is 2. The Morgan fingerprint density at radius 1 is 1.14 bits per heavy atom. The normalized spacial score (nSPS) is 11.7. The van der Waals surface area contributed by atoms with Crippen LogP contribution >= 0.6 is 11.3 Å². The summed E-state index contributed by atoms with van der Waals surface area (Å²) in [5, 5.41) is 2.87. The number of pyridine rings is 1. The van der Waals surface area contributed by atoms with E-state index in [2.05, 4.69) is 10.0 Å². The fourth-order valence-corrected chi connectivity index (χ4v) is 4.77. The van der Waals surface area contributed by atoms with Gasteiger partial charge in [-0.25, -0.2) is 9.78 Å². The van der Waals surface area contributed by atoms with E-state index in [1.165, 1.54) is 12.1 Å². The van der Waals surface area contributed by atoms with Gasteiger partial charge in [-0.15, -0.1) is 24.5 Å². The molecule has 5 aromatic rings. The van der Waals surface area contributed by atoms with Gasteiger partial charge in [-0.3, -0.25) is 9.32 Å². The number of nitrogens with two attached hydrogens (primary N) is 1. The number of H-pyrrole nitrogens is 1. The van der Waals surface area contributed by atoms with E-state index in [9.17, 15) is 22.8 Å². The quantitative estimate of drug-likeness (QED) is 0.263. The fourth-order valence-electron chi connectivity index (χ4n) is 3.75. The lowest BCUT2D eigenvalue weighted by Gasteiger charge is -2.07. The van der Waals surface area contributed by atoms with Crippen molar-refractivity contribution in [2.75, 3.05) is 5.73 Å². The monoisotopic (exact) mass is 513 g/mol. The number of anilines is 1. The standard InChI is InChI=1S/C24H15F3N4O4S/c1-12-11-16-17(28)21(36-22(16)29-18(12)13-5-3-2-4-6-13)20(32)19-23(33)35-30-31(19)14-7-9-15(10-8-14)34-24(25,26)27/h2-11H,1H3,(H2-,28,30,32,33)/p+1. The summed E-state index contributed by atoms with van der Waals surface area (Å²) < 4.78 is 47.0. The molecule has 0 aliphatic heterocycles. The van der Waals surface area contributed by atoms with Gasteiger partial charge in [-0.05, 0) is 40.6 Å². The summed E-state index contributed by atoms with van der Waals surface area (Å²) in [5.74, 6) is -1.19. The molecule has 0 saturated heterocycles. The van der Waals surface area contributed by atoms with Crippen molar-refractivity contribution in [1.82, 2.24) is 10.3 Å². The molecule has 0 aliphatic carbocycles. The number of halogens is 3. The molecule has 0 radical (unpaired) electrons. The second-order valence-electron chi connectivity index (χ2n) is 7.75. The predicted molar refractivity (Wildman–Crippen MR) is 125 cm³/mol. The number of nitrogen functional groups attached to an aromatic ring is 1. The van der Waals surface area contributed by atoms with Gasteiger partial charge < -0.3 is 10.5 Å². The minimum absolute atomic E-state index is 0.0831. The molecule has 0 atom stereocenters. The molecule has 182 valence electrons. The van der Waals surface area contributed by atoms with Crippen LogP contribution in [0.5, 0.6) is 5.75 Å². The van der Waals surface area contributed by atoms with E-state index in [0.717, 1.165) is 45.0 Å². The molecule has 0 spiro atoms. The summed E-state index contributed by atoms with van der Waals surface area (Å²) in [4.78, 5) is 31.2. The van der Waals surface area contributed by atoms with Gasteiger partial charge in [-0.2, -0.15) is 0 Å². The minimum atomic E-state index is -4.86. The van der Waals surface area contributed by atoms with Gasteiger partial charge in [0.25, 0.3) is 5.78 Å². The molecule has 3 heterocycles. The Balaban J connectivity index is 1.55. The Labute approximate surface area is 204 Å². The van der Waals surface area contributed by atoms with Gasteiger partial charge in [0, 0.05) is 23.1 Å². The Morgan fingerprint density at radius 2 is 1.83 bits per heavy atom. The van der Waals surface area contributed by atoms with Crippen molar-refractivity contribution < 1.29 is 31.9 Å². The highest BCUT2D eigenvalue weighted by Crippen LogP contribution is 2.36. The van der Waals surface area contributed by atoms with Crippen molar-refractivity contribution in [2.45, 2.75) is 13.3 Å². The van der Waals surface area contributed by atoms with Crippen LogP contribution in [0.2, 0.25) is 0 Å². The van der Waals surface area contributed by atoms with Crippen molar-refractivity contribution >= 4 is 33.0 Å². The molecular formula is C24H16F3N4O4S+. The highest BCUT2D eigenvalue weighted by molar-refractivity contribution is 7.21. The highest BCUT2D eigenvalue weighted by atomic mass is 32.1. The topological polar surface area (TPSA) is 115 Å². The van der Waals surface area contributed by atoms with Crippen LogP contribution in [-0.2, 0) is 0 Å². The fraction of sp³-hybridized carbons (Fsp3) is 0.0833. The first-order chi connectivity index (χ1) is 17.1. The van der Waals surface area contributed by atoms with Crippen molar-refractivity contribution in [1.29, 1.82) is 0 Å². The number of rotatable bonds is 5. The third-order valence-corrected chi connectivity index (χ3v) is 6.47. The van der Waals surface area contributed by atoms with Crippen LogP contribution in [0.3, 0.4) is 0 Å². The van der Waals surface area contributed by atoms with Crippen molar-refractivity contribution in [3.8, 4) is 22.7 Å². The van der Waals surface area contributed by atoms with Crippen LogP contribution in [-0.4, -0.2) is 22.4 Å². The lowest BCUT2D eigenvalue weighted by Crippen LogP contribution is -2.41. The number of nitrogens with one attached hydrogen (secondary N) is 1. The lowest BCUT2D eigenvalue weighted by molar-refractivity contribution is -0.672. The average molecular weight is 513 g/mol.